The standard InChI is InChI=1S/C21H30N4O9/c1-10(2)17(21(33)34)25-20(32)15(9-26)24-19(31)14(8-16(28)29)23-18(30)13(22)7-11-3-5-12(27)6-4-11/h3-6,10,13-15,17,26-27H,7-9,22H2,1-2H3,(H,23,30)(H,24,31)(H,25,32)(H,28,29)(H,33,34). The lowest BCUT2D eigenvalue weighted by Crippen LogP contribution is -2.59. The Morgan fingerprint density at radius 3 is 1.88 bits per heavy atom. The third kappa shape index (κ3) is 9.03. The number of phenols is 1. The molecule has 3 amide bonds. The van der Waals surface area contributed by atoms with Crippen molar-refractivity contribution in [3.8, 4) is 5.75 Å². The van der Waals surface area contributed by atoms with Crippen LogP contribution in [0.2, 0.25) is 0 Å². The molecule has 0 saturated heterocycles. The number of phenolic OH excluding ortho intramolecular Hbond substituents is 1. The number of carbonyl (C=O) groups is 5. The highest BCUT2D eigenvalue weighted by atomic mass is 16.4. The number of aliphatic hydroxyl groups excluding tert-OH is 1. The van der Waals surface area contributed by atoms with Gasteiger partial charge in [0.2, 0.25) is 17.7 Å². The lowest BCUT2D eigenvalue weighted by Gasteiger charge is -2.24. The number of aliphatic carboxylic acids is 2. The second-order valence-electron chi connectivity index (χ2n) is 7.95. The van der Waals surface area contributed by atoms with E-state index in [2.05, 4.69) is 16.0 Å². The smallest absolute Gasteiger partial charge is 0.326 e. The Kier molecular flexibility index (Phi) is 10.9. The number of aliphatic hydroxyl groups is 1. The van der Waals surface area contributed by atoms with Crippen molar-refractivity contribution in [3.05, 3.63) is 29.8 Å². The molecule has 34 heavy (non-hydrogen) atoms. The van der Waals surface area contributed by atoms with Crippen molar-refractivity contribution in [3.63, 3.8) is 0 Å². The molecule has 0 aromatic heterocycles. The summed E-state index contributed by atoms with van der Waals surface area (Å²) in [5.74, 6) is -6.14. The van der Waals surface area contributed by atoms with Gasteiger partial charge in [0.25, 0.3) is 0 Å². The van der Waals surface area contributed by atoms with Crippen molar-refractivity contribution in [2.45, 2.75) is 50.9 Å². The number of amides is 3. The minimum absolute atomic E-state index is 0.0190. The Labute approximate surface area is 195 Å². The monoisotopic (exact) mass is 482 g/mol. The maximum absolute atomic E-state index is 12.6. The van der Waals surface area contributed by atoms with E-state index in [-0.39, 0.29) is 12.2 Å². The van der Waals surface area contributed by atoms with Crippen LogP contribution in [0.5, 0.6) is 5.75 Å². The Bertz CT molecular complexity index is 889. The second kappa shape index (κ2) is 13.1. The number of carbonyl (C=O) groups excluding carboxylic acids is 3. The van der Waals surface area contributed by atoms with Crippen LogP contribution < -0.4 is 21.7 Å². The van der Waals surface area contributed by atoms with Gasteiger partial charge in [0.15, 0.2) is 0 Å². The van der Waals surface area contributed by atoms with Crippen LogP contribution >= 0.6 is 0 Å². The highest BCUT2D eigenvalue weighted by molar-refractivity contribution is 5.95. The maximum atomic E-state index is 12.6. The predicted molar refractivity (Wildman–Crippen MR) is 117 cm³/mol. The van der Waals surface area contributed by atoms with Crippen molar-refractivity contribution in [1.82, 2.24) is 16.0 Å². The molecule has 0 spiro atoms. The first kappa shape index (κ1) is 28.3. The fraction of sp³-hybridized carbons (Fsp3) is 0.476. The fourth-order valence-corrected chi connectivity index (χ4v) is 2.88. The lowest BCUT2D eigenvalue weighted by molar-refractivity contribution is -0.144. The van der Waals surface area contributed by atoms with Crippen LogP contribution in [0.15, 0.2) is 24.3 Å². The van der Waals surface area contributed by atoms with Gasteiger partial charge in [-0.3, -0.25) is 19.2 Å². The van der Waals surface area contributed by atoms with Gasteiger partial charge >= 0.3 is 11.9 Å². The third-order valence-corrected chi connectivity index (χ3v) is 4.79. The van der Waals surface area contributed by atoms with Crippen molar-refractivity contribution in [1.29, 1.82) is 0 Å². The van der Waals surface area contributed by atoms with E-state index in [0.29, 0.717) is 5.56 Å². The summed E-state index contributed by atoms with van der Waals surface area (Å²) in [6, 6.07) is 0.208. The number of rotatable bonds is 13. The molecule has 1 aromatic carbocycles. The molecule has 0 fully saturated rings. The van der Waals surface area contributed by atoms with Crippen LogP contribution in [0.1, 0.15) is 25.8 Å². The Morgan fingerprint density at radius 2 is 1.41 bits per heavy atom. The highest BCUT2D eigenvalue weighted by Crippen LogP contribution is 2.11. The normalized spacial score (nSPS) is 14.4. The Morgan fingerprint density at radius 1 is 0.882 bits per heavy atom. The quantitative estimate of drug-likeness (QED) is 0.153. The molecule has 4 atom stereocenters. The van der Waals surface area contributed by atoms with Crippen LogP contribution in [0.4, 0.5) is 0 Å². The zero-order chi connectivity index (χ0) is 26.0. The predicted octanol–water partition coefficient (Wildman–Crippen LogP) is -2.08. The maximum Gasteiger partial charge on any atom is 0.326 e. The summed E-state index contributed by atoms with van der Waals surface area (Å²) in [5, 5.41) is 43.6. The summed E-state index contributed by atoms with van der Waals surface area (Å²) in [7, 11) is 0. The molecule has 188 valence electrons. The van der Waals surface area contributed by atoms with Gasteiger partial charge in [-0.15, -0.1) is 0 Å². The van der Waals surface area contributed by atoms with Crippen molar-refractivity contribution < 1.29 is 44.4 Å². The van der Waals surface area contributed by atoms with Gasteiger partial charge in [0, 0.05) is 0 Å². The molecular formula is C21H30N4O9. The molecule has 9 N–H and O–H groups in total. The molecule has 0 aliphatic rings. The van der Waals surface area contributed by atoms with Crippen LogP contribution in [-0.4, -0.2) is 80.9 Å². The minimum Gasteiger partial charge on any atom is -0.508 e. The Hall–Kier alpha value is -3.71. The summed E-state index contributed by atoms with van der Waals surface area (Å²) in [6.45, 7) is 2.19. The molecule has 1 aromatic rings. The zero-order valence-electron chi connectivity index (χ0n) is 18.7. The molecule has 0 aliphatic heterocycles. The second-order valence-corrected chi connectivity index (χ2v) is 7.95. The molecule has 4 unspecified atom stereocenters. The number of nitrogens with two attached hydrogens (primary N) is 1. The highest BCUT2D eigenvalue weighted by Gasteiger charge is 2.32. The van der Waals surface area contributed by atoms with Crippen molar-refractivity contribution >= 4 is 29.7 Å². The first-order valence-electron chi connectivity index (χ1n) is 10.4. The van der Waals surface area contributed by atoms with Crippen LogP contribution in [0.3, 0.4) is 0 Å². The van der Waals surface area contributed by atoms with E-state index in [1.165, 1.54) is 24.3 Å². The minimum atomic E-state index is -1.63. The summed E-state index contributed by atoms with van der Waals surface area (Å²) < 4.78 is 0. The van der Waals surface area contributed by atoms with E-state index in [1.54, 1.807) is 13.8 Å². The molecule has 0 radical (unpaired) electrons. The number of nitrogens with one attached hydrogen (secondary N) is 3. The number of benzene rings is 1. The summed E-state index contributed by atoms with van der Waals surface area (Å²) in [6.07, 6.45) is -0.812. The number of carboxylic acids is 2. The lowest BCUT2D eigenvalue weighted by atomic mass is 10.0. The van der Waals surface area contributed by atoms with E-state index in [0.717, 1.165) is 0 Å². The van der Waals surface area contributed by atoms with Gasteiger partial charge in [-0.2, -0.15) is 0 Å². The summed E-state index contributed by atoms with van der Waals surface area (Å²) >= 11 is 0. The van der Waals surface area contributed by atoms with E-state index in [4.69, 9.17) is 10.8 Å². The number of carboxylic acid groups (broad SMARTS) is 2. The average molecular weight is 482 g/mol. The van der Waals surface area contributed by atoms with Crippen LogP contribution in [0, 0.1) is 5.92 Å². The molecule has 13 heteroatoms. The number of hydrogen-bond acceptors (Lipinski definition) is 8. The molecule has 0 aliphatic carbocycles. The topological polar surface area (TPSA) is 228 Å². The molecule has 13 nitrogen and oxygen atoms in total. The molecule has 0 saturated carbocycles. The number of aromatic hydroxyl groups is 1. The SMILES string of the molecule is CC(C)C(NC(=O)C(CO)NC(=O)C(CC(=O)O)NC(=O)C(N)Cc1ccc(O)cc1)C(=O)O. The van der Waals surface area contributed by atoms with E-state index >= 15 is 0 Å². The van der Waals surface area contributed by atoms with Crippen LogP contribution in [-0.2, 0) is 30.4 Å². The average Bonchev–Trinajstić information content (AvgIpc) is 2.75. The first-order valence-corrected chi connectivity index (χ1v) is 10.4. The summed E-state index contributed by atoms with van der Waals surface area (Å²) in [5.41, 5.74) is 6.45. The van der Waals surface area contributed by atoms with Gasteiger partial charge in [0.1, 0.15) is 23.9 Å². The molecule has 1 rings (SSSR count). The third-order valence-electron chi connectivity index (χ3n) is 4.79. The number of hydrogen-bond donors (Lipinski definition) is 8. The zero-order valence-corrected chi connectivity index (χ0v) is 18.7. The molecule has 0 bridgehead atoms. The van der Waals surface area contributed by atoms with Gasteiger partial charge < -0.3 is 42.1 Å². The van der Waals surface area contributed by atoms with Crippen molar-refractivity contribution in [2.75, 3.05) is 6.61 Å². The van der Waals surface area contributed by atoms with Gasteiger partial charge in [-0.1, -0.05) is 26.0 Å². The van der Waals surface area contributed by atoms with E-state index in [1.807, 2.05) is 0 Å². The van der Waals surface area contributed by atoms with Crippen LogP contribution in [0.25, 0.3) is 0 Å². The van der Waals surface area contributed by atoms with Gasteiger partial charge in [0.05, 0.1) is 19.1 Å². The first-order chi connectivity index (χ1) is 15.8. The van der Waals surface area contributed by atoms with E-state index < -0.39 is 72.8 Å². The summed E-state index contributed by atoms with van der Waals surface area (Å²) in [4.78, 5) is 59.8. The van der Waals surface area contributed by atoms with Crippen molar-refractivity contribution in [2.24, 2.45) is 11.7 Å². The van der Waals surface area contributed by atoms with Gasteiger partial charge in [-0.25, -0.2) is 4.79 Å². The van der Waals surface area contributed by atoms with Gasteiger partial charge in [-0.05, 0) is 30.0 Å². The Balaban J connectivity index is 2.86. The molecular weight excluding hydrogens is 452 g/mol. The fourth-order valence-electron chi connectivity index (χ4n) is 2.88. The van der Waals surface area contributed by atoms with E-state index in [9.17, 15) is 39.3 Å². The largest absolute Gasteiger partial charge is 0.508 e. The molecule has 0 heterocycles.